The number of likely N-dealkylation sites (tertiary alicyclic amines) is 1. The average Bonchev–Trinajstić information content (AvgIpc) is 3.08. The fourth-order valence-electron chi connectivity index (χ4n) is 4.69. The van der Waals surface area contributed by atoms with Gasteiger partial charge in [-0.25, -0.2) is 4.39 Å². The van der Waals surface area contributed by atoms with Crippen LogP contribution in [-0.4, -0.2) is 46.5 Å². The van der Waals surface area contributed by atoms with Crippen LogP contribution >= 0.6 is 46.4 Å². The van der Waals surface area contributed by atoms with Gasteiger partial charge in [0, 0.05) is 14.2 Å². The minimum absolute atomic E-state index is 0.0624. The summed E-state index contributed by atoms with van der Waals surface area (Å²) in [4.78, 5) is 24.0. The molecule has 1 heterocycles. The fraction of sp³-hybridized carbons (Fsp3) is 0.444. The molecule has 0 spiro atoms. The summed E-state index contributed by atoms with van der Waals surface area (Å²) in [7, 11) is 2.59. The van der Waals surface area contributed by atoms with Gasteiger partial charge in [0.25, 0.3) is 0 Å². The third-order valence-corrected chi connectivity index (χ3v) is 8.48. The molecule has 0 aromatic heterocycles. The molecular formula is C18H14Cl4FNO4. The Bertz CT molecular complexity index is 873. The number of halogens is 5. The van der Waals surface area contributed by atoms with Crippen molar-refractivity contribution in [2.75, 3.05) is 14.2 Å². The Morgan fingerprint density at radius 2 is 1.39 bits per heavy atom. The van der Waals surface area contributed by atoms with Crippen LogP contribution in [0.15, 0.2) is 34.3 Å². The Morgan fingerprint density at radius 3 is 1.79 bits per heavy atom. The highest BCUT2D eigenvalue weighted by molar-refractivity contribution is 6.53. The maximum absolute atomic E-state index is 13.2. The number of carbonyl (C=O) groups excluding carboxylic acids is 2. The van der Waals surface area contributed by atoms with E-state index in [9.17, 15) is 14.0 Å². The highest BCUT2D eigenvalue weighted by Crippen LogP contribution is 2.75. The van der Waals surface area contributed by atoms with Gasteiger partial charge in [-0.2, -0.15) is 0 Å². The number of rotatable bonds is 4. The van der Waals surface area contributed by atoms with Gasteiger partial charge in [0.15, 0.2) is 0 Å². The van der Waals surface area contributed by atoms with Crippen molar-refractivity contribution in [1.82, 2.24) is 4.90 Å². The second-order valence-corrected chi connectivity index (χ2v) is 8.87. The van der Waals surface area contributed by atoms with E-state index in [1.54, 1.807) is 0 Å². The van der Waals surface area contributed by atoms with Crippen LogP contribution < -0.4 is 0 Å². The molecule has 1 saturated carbocycles. The molecule has 1 aromatic carbocycles. The van der Waals surface area contributed by atoms with Crippen molar-refractivity contribution in [3.63, 3.8) is 0 Å². The second kappa shape index (κ2) is 6.30. The van der Waals surface area contributed by atoms with Crippen molar-refractivity contribution in [3.8, 4) is 0 Å². The van der Waals surface area contributed by atoms with Gasteiger partial charge in [-0.1, -0.05) is 35.3 Å². The quantitative estimate of drug-likeness (QED) is 0.385. The topological polar surface area (TPSA) is 55.8 Å². The summed E-state index contributed by atoms with van der Waals surface area (Å²) in [5.41, 5.74) is 0.567. The SMILES string of the molecule is COC1(OC)[C@@]2(Cl)C(Cl)=C(Cl)[C@@]1(Cl)[C@H]1C(=O)N(Cc3ccc(F)cc3)C(=O)[C@@H]12. The molecule has 2 aliphatic carbocycles. The Morgan fingerprint density at radius 1 is 0.964 bits per heavy atom. The van der Waals surface area contributed by atoms with E-state index in [1.807, 2.05) is 0 Å². The van der Waals surface area contributed by atoms with E-state index in [0.717, 1.165) is 4.90 Å². The molecule has 1 aliphatic heterocycles. The van der Waals surface area contributed by atoms with Gasteiger partial charge in [-0.15, -0.1) is 23.2 Å². The lowest BCUT2D eigenvalue weighted by molar-refractivity contribution is -0.222. The lowest BCUT2D eigenvalue weighted by atomic mass is 9.84. The molecule has 5 nitrogen and oxygen atoms in total. The first-order valence-corrected chi connectivity index (χ1v) is 9.77. The molecule has 28 heavy (non-hydrogen) atoms. The van der Waals surface area contributed by atoms with E-state index in [-0.39, 0.29) is 16.6 Å². The number of fused-ring (bicyclic) bond motifs is 5. The summed E-state index contributed by atoms with van der Waals surface area (Å²) in [6.45, 7) is -0.0624. The van der Waals surface area contributed by atoms with Gasteiger partial charge >= 0.3 is 0 Å². The van der Waals surface area contributed by atoms with Crippen molar-refractivity contribution in [2.24, 2.45) is 11.8 Å². The maximum Gasteiger partial charge on any atom is 0.235 e. The smallest absolute Gasteiger partial charge is 0.235 e. The number of ether oxygens (including phenoxy) is 2. The predicted molar refractivity (Wildman–Crippen MR) is 102 cm³/mol. The average molecular weight is 469 g/mol. The first-order valence-electron chi connectivity index (χ1n) is 8.25. The molecule has 10 heteroatoms. The van der Waals surface area contributed by atoms with Gasteiger partial charge < -0.3 is 9.47 Å². The Balaban J connectivity index is 1.81. The highest BCUT2D eigenvalue weighted by atomic mass is 35.5. The molecule has 2 fully saturated rings. The van der Waals surface area contributed by atoms with Gasteiger partial charge in [-0.3, -0.25) is 14.5 Å². The Labute approximate surface area is 180 Å². The molecule has 0 N–H and O–H groups in total. The number of amides is 2. The molecule has 4 rings (SSSR count). The fourth-order valence-corrected chi connectivity index (χ4v) is 6.85. The number of benzene rings is 1. The lowest BCUT2D eigenvalue weighted by Gasteiger charge is -2.42. The molecule has 0 radical (unpaired) electrons. The number of hydrogen-bond acceptors (Lipinski definition) is 4. The van der Waals surface area contributed by atoms with E-state index in [1.165, 1.54) is 38.5 Å². The van der Waals surface area contributed by atoms with Crippen LogP contribution in [0, 0.1) is 17.7 Å². The summed E-state index contributed by atoms with van der Waals surface area (Å²) in [6, 6.07) is 5.46. The molecule has 3 aliphatic rings. The lowest BCUT2D eigenvalue weighted by Crippen LogP contribution is -2.60. The largest absolute Gasteiger partial charge is 0.350 e. The van der Waals surface area contributed by atoms with Gasteiger partial charge in [0.2, 0.25) is 17.6 Å². The first-order chi connectivity index (χ1) is 13.1. The number of alkyl halides is 2. The summed E-state index contributed by atoms with van der Waals surface area (Å²) < 4.78 is 24.2. The van der Waals surface area contributed by atoms with Crippen molar-refractivity contribution >= 4 is 58.2 Å². The van der Waals surface area contributed by atoms with Crippen LogP contribution in [-0.2, 0) is 25.6 Å². The molecule has 4 atom stereocenters. The van der Waals surface area contributed by atoms with Gasteiger partial charge in [0.1, 0.15) is 15.6 Å². The highest BCUT2D eigenvalue weighted by Gasteiger charge is 2.89. The number of hydrogen-bond donors (Lipinski definition) is 0. The van der Waals surface area contributed by atoms with Crippen LogP contribution in [0.1, 0.15) is 5.56 Å². The Kier molecular flexibility index (Phi) is 4.59. The number of methoxy groups -OCH3 is 2. The zero-order chi connectivity index (χ0) is 20.6. The standard InChI is InChI=1S/C18H14Cl4FNO4/c1-27-18(28-2)16(21)10-11(17(18,22)13(20)12(16)19)15(26)24(14(10)25)7-8-3-5-9(23)6-4-8/h3-6,10-11H,7H2,1-2H3/t10-,11-,16+,17+/m1/s1. The second-order valence-electron chi connectivity index (χ2n) is 6.92. The van der Waals surface area contributed by atoms with Crippen LogP contribution in [0.2, 0.25) is 0 Å². The summed E-state index contributed by atoms with van der Waals surface area (Å²) in [5.74, 6) is -5.64. The third kappa shape index (κ3) is 2.02. The van der Waals surface area contributed by atoms with Crippen molar-refractivity contribution in [1.29, 1.82) is 0 Å². The van der Waals surface area contributed by atoms with Crippen molar-refractivity contribution < 1.29 is 23.5 Å². The molecule has 1 saturated heterocycles. The summed E-state index contributed by atoms with van der Waals surface area (Å²) >= 11 is 26.5. The zero-order valence-electron chi connectivity index (χ0n) is 14.6. The van der Waals surface area contributed by atoms with Crippen LogP contribution in [0.25, 0.3) is 0 Å². The molecule has 150 valence electrons. The Hall–Kier alpha value is -0.890. The van der Waals surface area contributed by atoms with Gasteiger partial charge in [-0.05, 0) is 17.7 Å². The molecule has 1 aromatic rings. The number of nitrogens with zero attached hydrogens (tertiary/aromatic N) is 1. The number of imide groups is 1. The van der Waals surface area contributed by atoms with Crippen LogP contribution in [0.4, 0.5) is 4.39 Å². The third-order valence-electron chi connectivity index (χ3n) is 5.87. The molecule has 2 bridgehead atoms. The minimum atomic E-state index is -1.81. The summed E-state index contributed by atoms with van der Waals surface area (Å²) in [6.07, 6.45) is 0. The van der Waals surface area contributed by atoms with Crippen molar-refractivity contribution in [3.05, 3.63) is 45.7 Å². The summed E-state index contributed by atoms with van der Waals surface area (Å²) in [5, 5.41) is -0.166. The van der Waals surface area contributed by atoms with Gasteiger partial charge in [0.05, 0.1) is 28.4 Å². The normalized spacial score (nSPS) is 35.9. The van der Waals surface area contributed by atoms with E-state index in [0.29, 0.717) is 5.56 Å². The van der Waals surface area contributed by atoms with Crippen LogP contribution in [0.3, 0.4) is 0 Å². The van der Waals surface area contributed by atoms with E-state index in [2.05, 4.69) is 0 Å². The maximum atomic E-state index is 13.2. The van der Waals surface area contributed by atoms with E-state index >= 15 is 0 Å². The van der Waals surface area contributed by atoms with E-state index in [4.69, 9.17) is 55.9 Å². The molecule has 0 unspecified atom stereocenters. The van der Waals surface area contributed by atoms with E-state index < -0.39 is 45.0 Å². The molecular weight excluding hydrogens is 455 g/mol. The minimum Gasteiger partial charge on any atom is -0.350 e. The zero-order valence-corrected chi connectivity index (χ0v) is 17.7. The van der Waals surface area contributed by atoms with Crippen LogP contribution in [0.5, 0.6) is 0 Å². The predicted octanol–water partition coefficient (Wildman–Crippen LogP) is 3.59. The molecule has 2 amide bonds. The first kappa shape index (κ1) is 20.4. The monoisotopic (exact) mass is 467 g/mol. The number of carbonyl (C=O) groups is 2. The van der Waals surface area contributed by atoms with Crippen molar-refractivity contribution in [2.45, 2.75) is 22.1 Å².